The van der Waals surface area contributed by atoms with Crippen LogP contribution in [0, 0.1) is 0 Å². The number of hydrogen-bond donors (Lipinski definition) is 0. The molecular formula is C17H17ClN4. The average Bonchev–Trinajstić information content (AvgIpc) is 3.01. The molecule has 1 aromatic carbocycles. The lowest BCUT2D eigenvalue weighted by Gasteiger charge is -2.20. The Morgan fingerprint density at radius 2 is 1.86 bits per heavy atom. The molecule has 4 nitrogen and oxygen atoms in total. The van der Waals surface area contributed by atoms with Crippen LogP contribution in [-0.4, -0.2) is 22.0 Å². The van der Waals surface area contributed by atoms with Gasteiger partial charge in [0.15, 0.2) is 5.65 Å². The fourth-order valence-electron chi connectivity index (χ4n) is 3.04. The number of rotatable bonds is 2. The minimum Gasteiger partial charge on any atom is -0.329 e. The second-order valence-corrected chi connectivity index (χ2v) is 5.44. The normalized spacial score (nSPS) is 12.8. The Balaban J connectivity index is 0.00000144. The van der Waals surface area contributed by atoms with Crippen LogP contribution in [0.2, 0.25) is 0 Å². The lowest BCUT2D eigenvalue weighted by atomic mass is 10.1. The minimum atomic E-state index is 0. The highest BCUT2D eigenvalue weighted by atomic mass is 35.5. The van der Waals surface area contributed by atoms with Gasteiger partial charge < -0.3 is 4.90 Å². The van der Waals surface area contributed by atoms with Gasteiger partial charge in [-0.25, -0.2) is 15.0 Å². The number of pyridine rings is 1. The van der Waals surface area contributed by atoms with Crippen LogP contribution in [0.25, 0.3) is 11.0 Å². The first-order valence-electron chi connectivity index (χ1n) is 7.24. The third-order valence-corrected chi connectivity index (χ3v) is 4.17. The van der Waals surface area contributed by atoms with E-state index in [4.69, 9.17) is 0 Å². The number of benzene rings is 1. The average molecular weight is 313 g/mol. The van der Waals surface area contributed by atoms with Gasteiger partial charge in [0, 0.05) is 18.9 Å². The lowest BCUT2D eigenvalue weighted by molar-refractivity contribution is 0.911. The van der Waals surface area contributed by atoms with Crippen molar-refractivity contribution in [1.29, 1.82) is 0 Å². The van der Waals surface area contributed by atoms with Crippen molar-refractivity contribution in [3.8, 4) is 0 Å². The monoisotopic (exact) mass is 312 g/mol. The van der Waals surface area contributed by atoms with E-state index in [1.165, 1.54) is 36.1 Å². The molecule has 2 heterocycles. The second-order valence-electron chi connectivity index (χ2n) is 5.44. The number of halogens is 1. The summed E-state index contributed by atoms with van der Waals surface area (Å²) in [5.74, 6) is 0.894. The summed E-state index contributed by atoms with van der Waals surface area (Å²) in [4.78, 5) is 15.1. The number of anilines is 2. The Morgan fingerprint density at radius 3 is 2.77 bits per heavy atom. The molecule has 0 aliphatic heterocycles. The Bertz CT molecular complexity index is 813. The molecule has 0 atom stereocenters. The second kappa shape index (κ2) is 5.89. The molecule has 2 aromatic heterocycles. The number of aryl methyl sites for hydroxylation is 2. The van der Waals surface area contributed by atoms with Crippen molar-refractivity contribution in [3.63, 3.8) is 0 Å². The highest BCUT2D eigenvalue weighted by molar-refractivity contribution is 5.88. The molecule has 0 saturated carbocycles. The molecule has 5 heteroatoms. The van der Waals surface area contributed by atoms with Gasteiger partial charge in [0.2, 0.25) is 0 Å². The van der Waals surface area contributed by atoms with Gasteiger partial charge in [-0.2, -0.15) is 0 Å². The maximum absolute atomic E-state index is 4.45. The number of hydrogen-bond acceptors (Lipinski definition) is 4. The van der Waals surface area contributed by atoms with E-state index in [0.717, 1.165) is 16.9 Å². The van der Waals surface area contributed by atoms with Gasteiger partial charge in [-0.1, -0.05) is 6.07 Å². The summed E-state index contributed by atoms with van der Waals surface area (Å²) in [7, 11) is 2.05. The van der Waals surface area contributed by atoms with Crippen LogP contribution in [-0.2, 0) is 12.8 Å². The highest BCUT2D eigenvalue weighted by Gasteiger charge is 2.15. The zero-order valence-corrected chi connectivity index (χ0v) is 13.2. The van der Waals surface area contributed by atoms with Crippen molar-refractivity contribution in [1.82, 2.24) is 15.0 Å². The Morgan fingerprint density at radius 1 is 1.00 bits per heavy atom. The zero-order valence-electron chi connectivity index (χ0n) is 12.4. The molecule has 0 fully saturated rings. The summed E-state index contributed by atoms with van der Waals surface area (Å²) < 4.78 is 0. The zero-order chi connectivity index (χ0) is 14.2. The lowest BCUT2D eigenvalue weighted by Crippen LogP contribution is -2.12. The molecular weight excluding hydrogens is 296 g/mol. The Labute approximate surface area is 135 Å². The summed E-state index contributed by atoms with van der Waals surface area (Å²) in [5.41, 5.74) is 4.85. The van der Waals surface area contributed by atoms with E-state index in [2.05, 4.69) is 38.1 Å². The van der Waals surface area contributed by atoms with Gasteiger partial charge in [0.1, 0.15) is 12.1 Å². The molecule has 0 radical (unpaired) electrons. The maximum Gasteiger partial charge on any atom is 0.164 e. The van der Waals surface area contributed by atoms with Crippen molar-refractivity contribution in [2.45, 2.75) is 19.3 Å². The molecule has 3 aromatic rings. The number of aromatic nitrogens is 3. The fourth-order valence-corrected chi connectivity index (χ4v) is 3.04. The van der Waals surface area contributed by atoms with Crippen molar-refractivity contribution >= 4 is 34.9 Å². The molecule has 1 aliphatic rings. The third-order valence-electron chi connectivity index (χ3n) is 4.17. The minimum absolute atomic E-state index is 0. The standard InChI is InChI=1S/C17H16N4.ClH/c1-21(14-8-7-12-4-2-5-13(12)10-14)17-15-6-3-9-18-16(15)19-11-20-17;/h3,6-11H,2,4-5H2,1H3;1H. The molecule has 4 rings (SSSR count). The van der Waals surface area contributed by atoms with E-state index in [0.29, 0.717) is 0 Å². The van der Waals surface area contributed by atoms with E-state index in [-0.39, 0.29) is 12.4 Å². The molecule has 0 amide bonds. The van der Waals surface area contributed by atoms with Crippen LogP contribution in [0.3, 0.4) is 0 Å². The van der Waals surface area contributed by atoms with Gasteiger partial charge in [0.25, 0.3) is 0 Å². The van der Waals surface area contributed by atoms with E-state index in [9.17, 15) is 0 Å². The summed E-state index contributed by atoms with van der Waals surface area (Å²) >= 11 is 0. The van der Waals surface area contributed by atoms with Crippen molar-refractivity contribution in [3.05, 3.63) is 54.0 Å². The van der Waals surface area contributed by atoms with Gasteiger partial charge in [-0.05, 0) is 54.7 Å². The molecule has 22 heavy (non-hydrogen) atoms. The van der Waals surface area contributed by atoms with Crippen molar-refractivity contribution in [2.24, 2.45) is 0 Å². The maximum atomic E-state index is 4.45. The molecule has 112 valence electrons. The molecule has 0 N–H and O–H groups in total. The van der Waals surface area contributed by atoms with Gasteiger partial charge in [-0.3, -0.25) is 0 Å². The molecule has 0 saturated heterocycles. The Kier molecular flexibility index (Phi) is 3.94. The van der Waals surface area contributed by atoms with Gasteiger partial charge in [0.05, 0.1) is 5.39 Å². The first-order chi connectivity index (χ1) is 10.3. The van der Waals surface area contributed by atoms with Crippen molar-refractivity contribution < 1.29 is 0 Å². The third kappa shape index (κ3) is 2.40. The largest absolute Gasteiger partial charge is 0.329 e. The smallest absolute Gasteiger partial charge is 0.164 e. The van der Waals surface area contributed by atoms with E-state index in [1.54, 1.807) is 12.5 Å². The quantitative estimate of drug-likeness (QED) is 0.723. The number of nitrogens with zero attached hydrogens (tertiary/aromatic N) is 4. The predicted octanol–water partition coefficient (Wildman–Crippen LogP) is 3.70. The van der Waals surface area contributed by atoms with Crippen LogP contribution in [0.15, 0.2) is 42.9 Å². The summed E-state index contributed by atoms with van der Waals surface area (Å²) in [6, 6.07) is 10.6. The van der Waals surface area contributed by atoms with Crippen LogP contribution in [0.5, 0.6) is 0 Å². The molecule has 0 spiro atoms. The van der Waals surface area contributed by atoms with E-state index in [1.807, 2.05) is 19.2 Å². The van der Waals surface area contributed by atoms with Crippen LogP contribution < -0.4 is 4.90 Å². The summed E-state index contributed by atoms with van der Waals surface area (Å²) in [5, 5.41) is 0.975. The molecule has 1 aliphatic carbocycles. The SMILES string of the molecule is CN(c1ccc2c(c1)CCC2)c1ncnc2ncccc12.Cl. The van der Waals surface area contributed by atoms with Crippen molar-refractivity contribution in [2.75, 3.05) is 11.9 Å². The van der Waals surface area contributed by atoms with Crippen LogP contribution in [0.1, 0.15) is 17.5 Å². The van der Waals surface area contributed by atoms with E-state index < -0.39 is 0 Å². The van der Waals surface area contributed by atoms with Crippen LogP contribution >= 0.6 is 12.4 Å². The predicted molar refractivity (Wildman–Crippen MR) is 91.1 cm³/mol. The summed E-state index contributed by atoms with van der Waals surface area (Å²) in [6.07, 6.45) is 6.99. The summed E-state index contributed by atoms with van der Waals surface area (Å²) in [6.45, 7) is 0. The first kappa shape index (κ1) is 14.7. The van der Waals surface area contributed by atoms with Gasteiger partial charge in [-0.15, -0.1) is 12.4 Å². The number of fused-ring (bicyclic) bond motifs is 2. The van der Waals surface area contributed by atoms with E-state index >= 15 is 0 Å². The molecule has 0 unspecified atom stereocenters. The first-order valence-corrected chi connectivity index (χ1v) is 7.24. The Hall–Kier alpha value is -2.20. The van der Waals surface area contributed by atoms with Crippen LogP contribution in [0.4, 0.5) is 11.5 Å². The topological polar surface area (TPSA) is 41.9 Å². The van der Waals surface area contributed by atoms with Gasteiger partial charge >= 0.3 is 0 Å². The molecule has 0 bridgehead atoms. The highest BCUT2D eigenvalue weighted by Crippen LogP contribution is 2.31. The fraction of sp³-hybridized carbons (Fsp3) is 0.235.